The lowest BCUT2D eigenvalue weighted by Crippen LogP contribution is -2.32. The second-order valence-corrected chi connectivity index (χ2v) is 11.2. The van der Waals surface area contributed by atoms with Crippen LogP contribution in [0.2, 0.25) is 0 Å². The Kier molecular flexibility index (Phi) is 8.51. The first-order valence-corrected chi connectivity index (χ1v) is 13.4. The minimum Gasteiger partial charge on any atom is -0.439 e. The second kappa shape index (κ2) is 11.3. The third kappa shape index (κ3) is 6.51. The number of rotatable bonds is 5. The van der Waals surface area contributed by atoms with E-state index in [0.29, 0.717) is 28.8 Å². The molecule has 3 aromatic rings. The van der Waals surface area contributed by atoms with Gasteiger partial charge in [0.05, 0.1) is 22.7 Å². The van der Waals surface area contributed by atoms with Crippen molar-refractivity contribution < 1.29 is 53.4 Å². The number of aryl methyl sites for hydroxylation is 2. The molecule has 1 amide bonds. The fraction of sp³-hybridized carbons (Fsp3) is 0.387. The fourth-order valence-corrected chi connectivity index (χ4v) is 5.42. The van der Waals surface area contributed by atoms with Crippen molar-refractivity contribution in [2.45, 2.75) is 77.8 Å². The summed E-state index contributed by atoms with van der Waals surface area (Å²) < 4.78 is 142. The summed E-state index contributed by atoms with van der Waals surface area (Å²) in [6.45, 7) is 7.05. The fourth-order valence-electron chi connectivity index (χ4n) is 5.42. The van der Waals surface area contributed by atoms with Gasteiger partial charge in [-0.2, -0.15) is 39.5 Å². The van der Waals surface area contributed by atoms with E-state index in [0.717, 1.165) is 17.0 Å². The highest BCUT2D eigenvalue weighted by atomic mass is 19.4. The minimum absolute atomic E-state index is 0.0494. The molecule has 4 rings (SSSR count). The lowest BCUT2D eigenvalue weighted by atomic mass is 9.84. The summed E-state index contributed by atoms with van der Waals surface area (Å²) in [5.74, 6) is -0.807. The average molecular weight is 636 g/mol. The average Bonchev–Trinajstić information content (AvgIpc) is 3.15. The van der Waals surface area contributed by atoms with Gasteiger partial charge in [0.2, 0.25) is 0 Å². The first kappa shape index (κ1) is 33.1. The highest BCUT2D eigenvalue weighted by molar-refractivity contribution is 5.78. The van der Waals surface area contributed by atoms with E-state index in [1.165, 1.54) is 26.0 Å². The molecule has 0 spiro atoms. The zero-order chi connectivity index (χ0) is 33.1. The molecule has 1 aliphatic heterocycles. The van der Waals surface area contributed by atoms with Crippen molar-refractivity contribution in [2.75, 3.05) is 0 Å². The van der Waals surface area contributed by atoms with Gasteiger partial charge in [-0.3, -0.25) is 4.90 Å². The largest absolute Gasteiger partial charge is 0.439 e. The first-order chi connectivity index (χ1) is 20.1. The molecule has 1 saturated heterocycles. The number of nitrogens with zero attached hydrogens (tertiary/aromatic N) is 1. The van der Waals surface area contributed by atoms with Crippen molar-refractivity contribution in [1.29, 1.82) is 0 Å². The van der Waals surface area contributed by atoms with Crippen molar-refractivity contribution >= 4 is 6.09 Å². The van der Waals surface area contributed by atoms with E-state index in [1.54, 1.807) is 20.8 Å². The summed E-state index contributed by atoms with van der Waals surface area (Å²) in [6, 6.07) is 4.21. The third-order valence-corrected chi connectivity index (χ3v) is 7.63. The number of cyclic esters (lactones) is 1. The molecule has 0 saturated carbocycles. The maximum Gasteiger partial charge on any atom is 0.416 e. The number of carbonyl (C=O) groups is 1. The Hall–Kier alpha value is -3.77. The molecule has 0 aliphatic carbocycles. The van der Waals surface area contributed by atoms with E-state index in [9.17, 15) is 48.7 Å². The maximum atomic E-state index is 14.7. The summed E-state index contributed by atoms with van der Waals surface area (Å²) in [5.41, 5.74) is -3.40. The molecular weight excluding hydrogens is 608 g/mol. The molecule has 0 radical (unpaired) electrons. The van der Waals surface area contributed by atoms with E-state index in [2.05, 4.69) is 0 Å². The van der Waals surface area contributed by atoms with Gasteiger partial charge in [0, 0.05) is 12.1 Å². The monoisotopic (exact) mass is 635 g/mol. The zero-order valence-electron chi connectivity index (χ0n) is 24.0. The standard InChI is InChI=1S/C31H27F10NO2/c1-14(2)22-12-23(15(3)7-25(22)32)26-16(4)6-19(29(33,34)35)11-24(26)27-17(5)42(28(43)44-27)13-18-8-20(30(36,37)38)10-21(9-18)31(39,40)41/h6-12,14,17,27H,13H2,1-5H3/t17-,27+/m1/s1. The number of hydrogen-bond donors (Lipinski definition) is 0. The van der Waals surface area contributed by atoms with Gasteiger partial charge in [-0.05, 0) is 103 Å². The first-order valence-electron chi connectivity index (χ1n) is 13.4. The number of amides is 1. The molecule has 1 heterocycles. The van der Waals surface area contributed by atoms with Crippen LogP contribution in [-0.2, 0) is 29.8 Å². The van der Waals surface area contributed by atoms with Crippen molar-refractivity contribution in [3.05, 3.63) is 92.8 Å². The molecule has 238 valence electrons. The SMILES string of the molecule is Cc1cc(F)c(C(C)C)cc1-c1c(C)cc(C(F)(F)F)cc1[C@H]1OC(=O)N(Cc2cc(C(F)(F)F)cc(C(F)(F)F)c2)[C@@H]1C. The molecule has 3 nitrogen and oxygen atoms in total. The van der Waals surface area contributed by atoms with Crippen LogP contribution in [0.25, 0.3) is 11.1 Å². The molecule has 0 aromatic heterocycles. The lowest BCUT2D eigenvalue weighted by Gasteiger charge is -2.26. The van der Waals surface area contributed by atoms with Crippen LogP contribution in [0.1, 0.15) is 77.3 Å². The van der Waals surface area contributed by atoms with Crippen LogP contribution in [-0.4, -0.2) is 17.0 Å². The summed E-state index contributed by atoms with van der Waals surface area (Å²) >= 11 is 0. The predicted molar refractivity (Wildman–Crippen MR) is 141 cm³/mol. The van der Waals surface area contributed by atoms with Gasteiger partial charge in [-0.15, -0.1) is 0 Å². The number of carbonyl (C=O) groups excluding carboxylic acids is 1. The summed E-state index contributed by atoms with van der Waals surface area (Å²) in [6.07, 6.45) is -17.6. The van der Waals surface area contributed by atoms with Gasteiger partial charge in [-0.1, -0.05) is 13.8 Å². The van der Waals surface area contributed by atoms with Gasteiger partial charge >= 0.3 is 24.6 Å². The van der Waals surface area contributed by atoms with Crippen LogP contribution in [0.5, 0.6) is 0 Å². The van der Waals surface area contributed by atoms with E-state index in [1.807, 2.05) is 0 Å². The number of hydrogen-bond acceptors (Lipinski definition) is 2. The topological polar surface area (TPSA) is 29.5 Å². The Morgan fingerprint density at radius 2 is 1.30 bits per heavy atom. The quantitative estimate of drug-likeness (QED) is 0.261. The molecule has 0 N–H and O–H groups in total. The number of halogens is 10. The molecule has 2 atom stereocenters. The van der Waals surface area contributed by atoms with E-state index < -0.39 is 71.4 Å². The summed E-state index contributed by atoms with van der Waals surface area (Å²) in [4.78, 5) is 13.9. The molecule has 44 heavy (non-hydrogen) atoms. The Morgan fingerprint density at radius 3 is 1.80 bits per heavy atom. The van der Waals surface area contributed by atoms with Crippen LogP contribution in [0.3, 0.4) is 0 Å². The Bertz CT molecular complexity index is 1560. The van der Waals surface area contributed by atoms with Crippen molar-refractivity contribution in [3.8, 4) is 11.1 Å². The van der Waals surface area contributed by atoms with Crippen LogP contribution in [0.4, 0.5) is 48.7 Å². The smallest absolute Gasteiger partial charge is 0.416 e. The molecule has 13 heteroatoms. The molecule has 1 fully saturated rings. The van der Waals surface area contributed by atoms with E-state index >= 15 is 0 Å². The van der Waals surface area contributed by atoms with Gasteiger partial charge in [0.1, 0.15) is 11.9 Å². The molecule has 0 unspecified atom stereocenters. The van der Waals surface area contributed by atoms with Gasteiger partial charge in [0.15, 0.2) is 0 Å². The Labute approximate surface area is 246 Å². The Balaban J connectivity index is 1.85. The Morgan fingerprint density at radius 1 is 0.773 bits per heavy atom. The number of benzene rings is 3. The number of ether oxygens (including phenoxy) is 1. The minimum atomic E-state index is -5.12. The highest BCUT2D eigenvalue weighted by Crippen LogP contribution is 2.45. The second-order valence-electron chi connectivity index (χ2n) is 11.2. The highest BCUT2D eigenvalue weighted by Gasteiger charge is 2.44. The molecule has 3 aromatic carbocycles. The normalized spacial score (nSPS) is 17.9. The predicted octanol–water partition coefficient (Wildman–Crippen LogP) is 10.4. The molecule has 1 aliphatic rings. The molecular formula is C31H27F10NO2. The zero-order valence-corrected chi connectivity index (χ0v) is 24.0. The van der Waals surface area contributed by atoms with Crippen LogP contribution < -0.4 is 0 Å². The number of alkyl halides is 9. The lowest BCUT2D eigenvalue weighted by molar-refractivity contribution is -0.143. The summed E-state index contributed by atoms with van der Waals surface area (Å²) in [7, 11) is 0. The maximum absolute atomic E-state index is 14.7. The van der Waals surface area contributed by atoms with Crippen LogP contribution >= 0.6 is 0 Å². The van der Waals surface area contributed by atoms with E-state index in [-0.39, 0.29) is 28.7 Å². The van der Waals surface area contributed by atoms with Crippen molar-refractivity contribution in [1.82, 2.24) is 4.90 Å². The van der Waals surface area contributed by atoms with Crippen LogP contribution in [0.15, 0.2) is 42.5 Å². The van der Waals surface area contributed by atoms with Crippen molar-refractivity contribution in [2.24, 2.45) is 0 Å². The van der Waals surface area contributed by atoms with Crippen molar-refractivity contribution in [3.63, 3.8) is 0 Å². The summed E-state index contributed by atoms with van der Waals surface area (Å²) in [5, 5.41) is 0. The van der Waals surface area contributed by atoms with Gasteiger partial charge in [-0.25, -0.2) is 9.18 Å². The van der Waals surface area contributed by atoms with Gasteiger partial charge < -0.3 is 4.74 Å². The van der Waals surface area contributed by atoms with Crippen LogP contribution in [0, 0.1) is 19.7 Å². The third-order valence-electron chi connectivity index (χ3n) is 7.63. The van der Waals surface area contributed by atoms with E-state index in [4.69, 9.17) is 4.74 Å². The van der Waals surface area contributed by atoms with Gasteiger partial charge in [0.25, 0.3) is 0 Å². The molecule has 0 bridgehead atoms.